The number of carbonyl (C=O) groups excluding carboxylic acids is 1. The molecule has 8 heteroatoms. The summed E-state index contributed by atoms with van der Waals surface area (Å²) in [4.78, 5) is 27.0. The topological polar surface area (TPSA) is 97.0 Å². The van der Waals surface area contributed by atoms with Gasteiger partial charge in [-0.15, -0.1) is 10.2 Å². The van der Waals surface area contributed by atoms with Gasteiger partial charge in [0.1, 0.15) is 11.1 Å². The summed E-state index contributed by atoms with van der Waals surface area (Å²) in [6.45, 7) is 0.727. The number of nitrogens with zero attached hydrogens (tertiary/aromatic N) is 2. The van der Waals surface area contributed by atoms with Gasteiger partial charge in [-0.2, -0.15) is 0 Å². The Morgan fingerprint density at radius 3 is 3.04 bits per heavy atom. The maximum atomic E-state index is 12.6. The lowest BCUT2D eigenvalue weighted by Gasteiger charge is -2.05. The fourth-order valence-electron chi connectivity index (χ4n) is 2.74. The van der Waals surface area contributed by atoms with Gasteiger partial charge in [0.15, 0.2) is 0 Å². The summed E-state index contributed by atoms with van der Waals surface area (Å²) in [7, 11) is 0. The van der Waals surface area contributed by atoms with Crippen LogP contribution in [0.2, 0.25) is 0 Å². The number of benzene rings is 1. The Bertz CT molecular complexity index is 959. The van der Waals surface area contributed by atoms with E-state index in [9.17, 15) is 9.59 Å². The molecule has 0 bridgehead atoms. The largest absolute Gasteiger partial charge is 0.371 e. The van der Waals surface area contributed by atoms with Gasteiger partial charge in [0.2, 0.25) is 10.7 Å². The lowest BCUT2D eigenvalue weighted by atomic mass is 10.1. The summed E-state index contributed by atoms with van der Waals surface area (Å²) in [6, 6.07) is 8.46. The van der Waals surface area contributed by atoms with E-state index in [2.05, 4.69) is 20.5 Å². The maximum Gasteiger partial charge on any atom is 0.258 e. The summed E-state index contributed by atoms with van der Waals surface area (Å²) in [6.07, 6.45) is 1.89. The van der Waals surface area contributed by atoms with Crippen LogP contribution in [0.15, 0.2) is 35.1 Å². The molecule has 1 amide bonds. The van der Waals surface area contributed by atoms with Crippen molar-refractivity contribution in [3.8, 4) is 0 Å². The lowest BCUT2D eigenvalue weighted by Crippen LogP contribution is -2.16. The third kappa shape index (κ3) is 2.81. The molecule has 122 valence electrons. The zero-order valence-electron chi connectivity index (χ0n) is 12.6. The number of ether oxygens (including phenoxy) is 1. The molecule has 24 heavy (non-hydrogen) atoms. The average molecular weight is 342 g/mol. The van der Waals surface area contributed by atoms with E-state index in [1.807, 2.05) is 6.07 Å². The highest BCUT2D eigenvalue weighted by atomic mass is 32.1. The van der Waals surface area contributed by atoms with Crippen molar-refractivity contribution in [2.24, 2.45) is 0 Å². The third-order valence-corrected chi connectivity index (χ3v) is 4.79. The van der Waals surface area contributed by atoms with Crippen LogP contribution in [0.3, 0.4) is 0 Å². The molecule has 1 aliphatic rings. The number of para-hydroxylation sites is 1. The van der Waals surface area contributed by atoms with E-state index in [0.717, 1.165) is 24.5 Å². The number of carbonyl (C=O) groups is 1. The minimum Gasteiger partial charge on any atom is -0.371 e. The second kappa shape index (κ2) is 6.14. The van der Waals surface area contributed by atoms with Gasteiger partial charge in [-0.05, 0) is 18.9 Å². The quantitative estimate of drug-likeness (QED) is 0.762. The number of nitrogens with one attached hydrogen (secondary N) is 2. The first-order chi connectivity index (χ1) is 11.7. The fourth-order valence-corrected chi connectivity index (χ4v) is 3.57. The number of fused-ring (bicyclic) bond motifs is 1. The molecule has 0 aliphatic carbocycles. The van der Waals surface area contributed by atoms with E-state index in [0.29, 0.717) is 21.6 Å². The smallest absolute Gasteiger partial charge is 0.258 e. The first kappa shape index (κ1) is 15.0. The number of rotatable bonds is 3. The molecular weight excluding hydrogens is 328 g/mol. The summed E-state index contributed by atoms with van der Waals surface area (Å²) in [5, 5.41) is 12.6. The summed E-state index contributed by atoms with van der Waals surface area (Å²) >= 11 is 1.30. The molecule has 2 N–H and O–H groups in total. The van der Waals surface area contributed by atoms with Gasteiger partial charge in [0, 0.05) is 23.6 Å². The average Bonchev–Trinajstić information content (AvgIpc) is 3.25. The monoisotopic (exact) mass is 342 g/mol. The zero-order valence-corrected chi connectivity index (χ0v) is 13.4. The Hall–Kier alpha value is -2.58. The number of hydrogen-bond donors (Lipinski definition) is 2. The Morgan fingerprint density at radius 1 is 1.33 bits per heavy atom. The van der Waals surface area contributed by atoms with E-state index in [1.165, 1.54) is 17.4 Å². The Labute approximate surface area is 140 Å². The van der Waals surface area contributed by atoms with Crippen LogP contribution in [0.25, 0.3) is 10.9 Å². The van der Waals surface area contributed by atoms with Crippen molar-refractivity contribution in [3.05, 3.63) is 51.3 Å². The zero-order chi connectivity index (χ0) is 16.5. The number of aromatic amines is 1. The van der Waals surface area contributed by atoms with Gasteiger partial charge in [-0.1, -0.05) is 29.5 Å². The maximum absolute atomic E-state index is 12.6. The van der Waals surface area contributed by atoms with Crippen LogP contribution in [0.5, 0.6) is 0 Å². The van der Waals surface area contributed by atoms with E-state index >= 15 is 0 Å². The highest BCUT2D eigenvalue weighted by Crippen LogP contribution is 2.32. The molecule has 1 fully saturated rings. The van der Waals surface area contributed by atoms with Crippen molar-refractivity contribution >= 4 is 33.3 Å². The van der Waals surface area contributed by atoms with E-state index < -0.39 is 0 Å². The molecule has 3 heterocycles. The number of H-pyrrole nitrogens is 1. The molecular formula is C16H14N4O3S. The van der Waals surface area contributed by atoms with Gasteiger partial charge in [0.05, 0.1) is 5.56 Å². The molecule has 2 aromatic heterocycles. The summed E-state index contributed by atoms with van der Waals surface area (Å²) < 4.78 is 5.57. The fraction of sp³-hybridized carbons (Fsp3) is 0.250. The molecule has 1 aliphatic heterocycles. The van der Waals surface area contributed by atoms with Crippen LogP contribution in [0.1, 0.15) is 34.3 Å². The molecule has 1 atom stereocenters. The van der Waals surface area contributed by atoms with Crippen molar-refractivity contribution in [2.45, 2.75) is 18.9 Å². The van der Waals surface area contributed by atoms with Crippen LogP contribution in [0.4, 0.5) is 5.13 Å². The summed E-state index contributed by atoms with van der Waals surface area (Å²) in [5.74, 6) is -0.382. The molecule has 1 aromatic carbocycles. The Morgan fingerprint density at radius 2 is 2.21 bits per heavy atom. The van der Waals surface area contributed by atoms with E-state index in [1.54, 1.807) is 18.2 Å². The number of pyridine rings is 1. The van der Waals surface area contributed by atoms with Gasteiger partial charge in [-0.25, -0.2) is 0 Å². The summed E-state index contributed by atoms with van der Waals surface area (Å²) in [5.41, 5.74) is 0.604. The van der Waals surface area contributed by atoms with Crippen LogP contribution >= 0.6 is 11.3 Å². The minimum atomic E-state index is -0.382. The molecule has 7 nitrogen and oxygen atoms in total. The SMILES string of the molecule is O=C(Nc1nnc([C@@H]2CCCO2)s1)c1cc(=O)[nH]c2ccccc12. The van der Waals surface area contributed by atoms with Crippen LogP contribution in [-0.2, 0) is 4.74 Å². The predicted octanol–water partition coefficient (Wildman–Crippen LogP) is 2.48. The number of anilines is 1. The first-order valence-electron chi connectivity index (χ1n) is 7.59. The van der Waals surface area contributed by atoms with Gasteiger partial charge >= 0.3 is 0 Å². The molecule has 4 rings (SSSR count). The van der Waals surface area contributed by atoms with Crippen molar-refractivity contribution in [1.29, 1.82) is 0 Å². The minimum absolute atomic E-state index is 0.0337. The standard InChI is InChI=1S/C16H14N4O3S/c21-13-8-10(9-4-1-2-5-11(9)17-13)14(22)18-16-20-19-15(24-16)12-6-3-7-23-12/h1-2,4-5,8,12H,3,6-7H2,(H,17,21)(H,18,20,22)/t12-/m0/s1. The molecule has 0 saturated carbocycles. The molecule has 0 unspecified atom stereocenters. The van der Waals surface area contributed by atoms with E-state index in [-0.39, 0.29) is 17.6 Å². The van der Waals surface area contributed by atoms with Crippen LogP contribution < -0.4 is 10.9 Å². The first-order valence-corrected chi connectivity index (χ1v) is 8.41. The van der Waals surface area contributed by atoms with Crippen molar-refractivity contribution in [1.82, 2.24) is 15.2 Å². The Balaban J connectivity index is 1.62. The van der Waals surface area contributed by atoms with Crippen LogP contribution in [-0.4, -0.2) is 27.7 Å². The molecule has 0 radical (unpaired) electrons. The van der Waals surface area contributed by atoms with Crippen LogP contribution in [0, 0.1) is 0 Å². The number of amides is 1. The van der Waals surface area contributed by atoms with Crippen molar-refractivity contribution < 1.29 is 9.53 Å². The van der Waals surface area contributed by atoms with Gasteiger partial charge in [0.25, 0.3) is 5.91 Å². The molecule has 1 saturated heterocycles. The van der Waals surface area contributed by atoms with Gasteiger partial charge < -0.3 is 9.72 Å². The van der Waals surface area contributed by atoms with Gasteiger partial charge in [-0.3, -0.25) is 14.9 Å². The van der Waals surface area contributed by atoms with Crippen molar-refractivity contribution in [2.75, 3.05) is 11.9 Å². The number of aromatic nitrogens is 3. The second-order valence-corrected chi connectivity index (χ2v) is 6.50. The Kier molecular flexibility index (Phi) is 3.83. The lowest BCUT2D eigenvalue weighted by molar-refractivity contribution is 0.102. The van der Waals surface area contributed by atoms with Crippen molar-refractivity contribution in [3.63, 3.8) is 0 Å². The highest BCUT2D eigenvalue weighted by Gasteiger charge is 2.22. The third-order valence-electron chi connectivity index (χ3n) is 3.86. The predicted molar refractivity (Wildman–Crippen MR) is 90.4 cm³/mol. The highest BCUT2D eigenvalue weighted by molar-refractivity contribution is 7.15. The van der Waals surface area contributed by atoms with E-state index in [4.69, 9.17) is 4.74 Å². The molecule has 3 aromatic rings. The molecule has 0 spiro atoms. The number of hydrogen-bond acceptors (Lipinski definition) is 6. The second-order valence-electron chi connectivity index (χ2n) is 5.49. The normalized spacial score (nSPS) is 17.2.